The molecule has 5 nitrogen and oxygen atoms in total. The molecule has 0 spiro atoms. The van der Waals surface area contributed by atoms with Crippen LogP contribution < -0.4 is 10.1 Å². The topological polar surface area (TPSA) is 58.6 Å². The molecule has 0 aromatic heterocycles. The van der Waals surface area contributed by atoms with Gasteiger partial charge >= 0.3 is 0 Å². The van der Waals surface area contributed by atoms with E-state index in [4.69, 9.17) is 4.74 Å². The quantitative estimate of drug-likeness (QED) is 0.873. The molecule has 1 fully saturated rings. The minimum Gasteiger partial charge on any atom is -0.481 e. The van der Waals surface area contributed by atoms with E-state index in [1.807, 2.05) is 36.1 Å². The van der Waals surface area contributed by atoms with Gasteiger partial charge in [-0.1, -0.05) is 12.1 Å². The number of carbonyl (C=O) groups excluding carboxylic acids is 2. The van der Waals surface area contributed by atoms with Crippen LogP contribution in [0.25, 0.3) is 0 Å². The Morgan fingerprint density at radius 1 is 1.32 bits per heavy atom. The van der Waals surface area contributed by atoms with Crippen LogP contribution in [0.3, 0.4) is 0 Å². The number of likely N-dealkylation sites (tertiary alicyclic amines) is 1. The van der Waals surface area contributed by atoms with Crippen molar-refractivity contribution in [3.63, 3.8) is 0 Å². The number of amides is 2. The van der Waals surface area contributed by atoms with Crippen LogP contribution >= 0.6 is 0 Å². The van der Waals surface area contributed by atoms with Crippen LogP contribution in [0.4, 0.5) is 0 Å². The molecular formula is C17H24N2O3. The van der Waals surface area contributed by atoms with Crippen LogP contribution in [-0.4, -0.2) is 42.5 Å². The summed E-state index contributed by atoms with van der Waals surface area (Å²) in [4.78, 5) is 25.7. The molecule has 1 aromatic rings. The molecule has 22 heavy (non-hydrogen) atoms. The average Bonchev–Trinajstić information content (AvgIpc) is 3.01. The standard InChI is InChI=1S/C17H24N2O3/c1-13-6-5-7-15(12-13)22-14(2)17(21)18-9-8-16(20)19-10-3-4-11-19/h5-7,12,14H,3-4,8-11H2,1-2H3,(H,18,21)/t14-/m1/s1. The molecule has 0 aliphatic carbocycles. The summed E-state index contributed by atoms with van der Waals surface area (Å²) < 4.78 is 5.61. The molecule has 1 aliphatic heterocycles. The van der Waals surface area contributed by atoms with E-state index in [-0.39, 0.29) is 11.8 Å². The summed E-state index contributed by atoms with van der Waals surface area (Å²) in [5.41, 5.74) is 1.08. The Morgan fingerprint density at radius 2 is 2.05 bits per heavy atom. The molecule has 0 unspecified atom stereocenters. The molecule has 2 amide bonds. The lowest BCUT2D eigenvalue weighted by Crippen LogP contribution is -2.38. The molecule has 1 aliphatic rings. The average molecular weight is 304 g/mol. The van der Waals surface area contributed by atoms with Crippen LogP contribution in [0.15, 0.2) is 24.3 Å². The predicted octanol–water partition coefficient (Wildman–Crippen LogP) is 1.89. The second kappa shape index (κ2) is 7.82. The first-order valence-corrected chi connectivity index (χ1v) is 7.85. The normalized spacial score (nSPS) is 15.5. The van der Waals surface area contributed by atoms with E-state index < -0.39 is 6.10 Å². The molecule has 0 saturated carbocycles. The van der Waals surface area contributed by atoms with E-state index in [0.29, 0.717) is 18.7 Å². The molecule has 0 bridgehead atoms. The summed E-state index contributed by atoms with van der Waals surface area (Å²) in [6, 6.07) is 7.58. The van der Waals surface area contributed by atoms with Crippen molar-refractivity contribution in [1.82, 2.24) is 10.2 Å². The smallest absolute Gasteiger partial charge is 0.260 e. The molecule has 1 saturated heterocycles. The third-order valence-corrected chi connectivity index (χ3v) is 3.77. The molecule has 120 valence electrons. The van der Waals surface area contributed by atoms with E-state index in [9.17, 15) is 9.59 Å². The molecule has 1 N–H and O–H groups in total. The van der Waals surface area contributed by atoms with E-state index >= 15 is 0 Å². The number of hydrogen-bond acceptors (Lipinski definition) is 3. The van der Waals surface area contributed by atoms with E-state index in [0.717, 1.165) is 31.5 Å². The van der Waals surface area contributed by atoms with Gasteiger partial charge in [0.25, 0.3) is 5.91 Å². The Morgan fingerprint density at radius 3 is 2.73 bits per heavy atom. The van der Waals surface area contributed by atoms with Gasteiger partial charge in [0.15, 0.2) is 6.10 Å². The highest BCUT2D eigenvalue weighted by atomic mass is 16.5. The number of ether oxygens (including phenoxy) is 1. The van der Waals surface area contributed by atoms with Crippen molar-refractivity contribution in [2.45, 2.75) is 39.2 Å². The number of nitrogens with one attached hydrogen (secondary N) is 1. The first kappa shape index (κ1) is 16.3. The van der Waals surface area contributed by atoms with Crippen molar-refractivity contribution in [2.24, 2.45) is 0 Å². The number of nitrogens with zero attached hydrogens (tertiary/aromatic N) is 1. The van der Waals surface area contributed by atoms with E-state index in [1.54, 1.807) is 6.92 Å². The SMILES string of the molecule is Cc1cccc(O[C@H](C)C(=O)NCCC(=O)N2CCCC2)c1. The van der Waals surface area contributed by atoms with Gasteiger partial charge in [-0.15, -0.1) is 0 Å². The minimum atomic E-state index is -0.580. The van der Waals surface area contributed by atoms with Gasteiger partial charge in [-0.25, -0.2) is 0 Å². The summed E-state index contributed by atoms with van der Waals surface area (Å²) in [7, 11) is 0. The van der Waals surface area contributed by atoms with Crippen molar-refractivity contribution in [3.8, 4) is 5.75 Å². The second-order valence-corrected chi connectivity index (χ2v) is 5.71. The first-order valence-electron chi connectivity index (χ1n) is 7.85. The van der Waals surface area contributed by atoms with Crippen molar-refractivity contribution in [3.05, 3.63) is 29.8 Å². The van der Waals surface area contributed by atoms with Crippen molar-refractivity contribution >= 4 is 11.8 Å². The van der Waals surface area contributed by atoms with Crippen LogP contribution in [0.5, 0.6) is 5.75 Å². The zero-order chi connectivity index (χ0) is 15.9. The third-order valence-electron chi connectivity index (χ3n) is 3.77. The number of carbonyl (C=O) groups is 2. The predicted molar refractivity (Wildman–Crippen MR) is 84.7 cm³/mol. The first-order chi connectivity index (χ1) is 10.6. The lowest BCUT2D eigenvalue weighted by molar-refractivity contribution is -0.130. The van der Waals surface area contributed by atoms with Gasteiger partial charge in [0, 0.05) is 26.1 Å². The summed E-state index contributed by atoms with van der Waals surface area (Å²) in [5.74, 6) is 0.594. The summed E-state index contributed by atoms with van der Waals surface area (Å²) in [5, 5.41) is 2.76. The minimum absolute atomic E-state index is 0.116. The van der Waals surface area contributed by atoms with Gasteiger partial charge in [-0.2, -0.15) is 0 Å². The van der Waals surface area contributed by atoms with Crippen molar-refractivity contribution < 1.29 is 14.3 Å². The lowest BCUT2D eigenvalue weighted by Gasteiger charge is -2.17. The van der Waals surface area contributed by atoms with Gasteiger partial charge in [-0.3, -0.25) is 9.59 Å². The van der Waals surface area contributed by atoms with Crippen molar-refractivity contribution in [1.29, 1.82) is 0 Å². The maximum Gasteiger partial charge on any atom is 0.260 e. The van der Waals surface area contributed by atoms with Crippen molar-refractivity contribution in [2.75, 3.05) is 19.6 Å². The number of benzene rings is 1. The van der Waals surface area contributed by atoms with Gasteiger partial charge in [0.05, 0.1) is 0 Å². The molecular weight excluding hydrogens is 280 g/mol. The number of hydrogen-bond donors (Lipinski definition) is 1. The number of rotatable bonds is 6. The van der Waals surface area contributed by atoms with E-state index in [1.165, 1.54) is 0 Å². The van der Waals surface area contributed by atoms with Crippen LogP contribution in [-0.2, 0) is 9.59 Å². The largest absolute Gasteiger partial charge is 0.481 e. The van der Waals surface area contributed by atoms with E-state index in [2.05, 4.69) is 5.32 Å². The fourth-order valence-electron chi connectivity index (χ4n) is 2.51. The Hall–Kier alpha value is -2.04. The molecule has 1 aromatic carbocycles. The van der Waals surface area contributed by atoms with Crippen LogP contribution in [0.1, 0.15) is 31.7 Å². The molecule has 1 atom stereocenters. The van der Waals surface area contributed by atoms with Gasteiger partial charge in [0.2, 0.25) is 5.91 Å². The fraction of sp³-hybridized carbons (Fsp3) is 0.529. The zero-order valence-corrected chi connectivity index (χ0v) is 13.3. The third kappa shape index (κ3) is 4.76. The van der Waals surface area contributed by atoms with Crippen LogP contribution in [0, 0.1) is 6.92 Å². The molecule has 0 radical (unpaired) electrons. The second-order valence-electron chi connectivity index (χ2n) is 5.71. The fourth-order valence-corrected chi connectivity index (χ4v) is 2.51. The zero-order valence-electron chi connectivity index (χ0n) is 13.3. The summed E-state index contributed by atoms with van der Waals surface area (Å²) >= 11 is 0. The van der Waals surface area contributed by atoms with Gasteiger partial charge in [-0.05, 0) is 44.4 Å². The molecule has 2 rings (SSSR count). The Bertz CT molecular complexity index is 524. The van der Waals surface area contributed by atoms with Gasteiger partial charge in [0.1, 0.15) is 5.75 Å². The highest BCUT2D eigenvalue weighted by Gasteiger charge is 2.19. The van der Waals surface area contributed by atoms with Crippen LogP contribution in [0.2, 0.25) is 0 Å². The summed E-state index contributed by atoms with van der Waals surface area (Å²) in [6.07, 6.45) is 1.94. The number of aryl methyl sites for hydroxylation is 1. The summed E-state index contributed by atoms with van der Waals surface area (Å²) in [6.45, 7) is 5.73. The maximum absolute atomic E-state index is 12.0. The monoisotopic (exact) mass is 304 g/mol. The molecule has 1 heterocycles. The highest BCUT2D eigenvalue weighted by molar-refractivity contribution is 5.82. The Kier molecular flexibility index (Phi) is 5.81. The Labute approximate surface area is 131 Å². The lowest BCUT2D eigenvalue weighted by atomic mass is 10.2. The Balaban J connectivity index is 1.71. The van der Waals surface area contributed by atoms with Gasteiger partial charge < -0.3 is 15.0 Å². The molecule has 5 heteroatoms. The highest BCUT2D eigenvalue weighted by Crippen LogP contribution is 2.14. The maximum atomic E-state index is 12.0.